The number of nitrogens with zero attached hydrogens (tertiary/aromatic N) is 1. The maximum atomic E-state index is 10.7. The van der Waals surface area contributed by atoms with Crippen molar-refractivity contribution in [3.8, 4) is 23.0 Å². The van der Waals surface area contributed by atoms with Gasteiger partial charge in [-0.25, -0.2) is 0 Å². The van der Waals surface area contributed by atoms with Crippen molar-refractivity contribution < 1.29 is 19.3 Å². The third-order valence-electron chi connectivity index (χ3n) is 5.04. The molecule has 0 bridgehead atoms. The van der Waals surface area contributed by atoms with E-state index in [4.69, 9.17) is 14.2 Å². The van der Waals surface area contributed by atoms with Crippen LogP contribution in [0.15, 0.2) is 36.4 Å². The number of phenols is 1. The van der Waals surface area contributed by atoms with Gasteiger partial charge in [0, 0.05) is 23.6 Å². The van der Waals surface area contributed by atoms with Crippen molar-refractivity contribution in [1.82, 2.24) is 4.90 Å². The minimum absolute atomic E-state index is 0.00244. The minimum Gasteiger partial charge on any atom is -0.507 e. The first-order valence-electron chi connectivity index (χ1n) is 9.39. The van der Waals surface area contributed by atoms with Gasteiger partial charge in [0.15, 0.2) is 0 Å². The van der Waals surface area contributed by atoms with Crippen LogP contribution >= 0.6 is 0 Å². The predicted molar refractivity (Wildman–Crippen MR) is 108 cm³/mol. The average Bonchev–Trinajstić information content (AvgIpc) is 2.71. The highest BCUT2D eigenvalue weighted by Gasteiger charge is 2.24. The lowest BCUT2D eigenvalue weighted by Crippen LogP contribution is -2.25. The standard InChI is InChI=1S/C22H31NO4/c1-6-23(7-2)13-12-19(16-8-10-17(25-3)11-9-16)22-20(24)14-18(26-4)15-21(22)27-5/h8-11,14-15,19,24H,6-7,12-13H2,1-5H3/t19-/m1/s1. The van der Waals surface area contributed by atoms with Gasteiger partial charge in [0.05, 0.1) is 21.3 Å². The van der Waals surface area contributed by atoms with E-state index in [9.17, 15) is 5.11 Å². The lowest BCUT2D eigenvalue weighted by Gasteiger charge is -2.25. The normalized spacial score (nSPS) is 12.1. The van der Waals surface area contributed by atoms with Crippen molar-refractivity contribution in [2.24, 2.45) is 0 Å². The molecule has 148 valence electrons. The fourth-order valence-corrected chi connectivity index (χ4v) is 3.39. The summed E-state index contributed by atoms with van der Waals surface area (Å²) in [5, 5.41) is 10.7. The van der Waals surface area contributed by atoms with E-state index >= 15 is 0 Å². The van der Waals surface area contributed by atoms with Gasteiger partial charge in [0.25, 0.3) is 0 Å². The topological polar surface area (TPSA) is 51.2 Å². The molecular weight excluding hydrogens is 342 g/mol. The molecule has 0 aliphatic rings. The third-order valence-corrected chi connectivity index (χ3v) is 5.04. The highest BCUT2D eigenvalue weighted by atomic mass is 16.5. The van der Waals surface area contributed by atoms with Gasteiger partial charge in [-0.3, -0.25) is 0 Å². The molecule has 0 aliphatic carbocycles. The fourth-order valence-electron chi connectivity index (χ4n) is 3.39. The van der Waals surface area contributed by atoms with Crippen LogP contribution in [0, 0.1) is 0 Å². The Balaban J connectivity index is 2.47. The van der Waals surface area contributed by atoms with Crippen LogP contribution in [0.3, 0.4) is 0 Å². The van der Waals surface area contributed by atoms with Gasteiger partial charge < -0.3 is 24.2 Å². The van der Waals surface area contributed by atoms with Crippen molar-refractivity contribution in [2.45, 2.75) is 26.2 Å². The Morgan fingerprint density at radius 3 is 2.04 bits per heavy atom. The maximum Gasteiger partial charge on any atom is 0.130 e. The van der Waals surface area contributed by atoms with Crippen molar-refractivity contribution in [3.05, 3.63) is 47.5 Å². The minimum atomic E-state index is -0.00244. The Morgan fingerprint density at radius 2 is 1.52 bits per heavy atom. The molecule has 0 saturated carbocycles. The molecule has 0 amide bonds. The highest BCUT2D eigenvalue weighted by molar-refractivity contribution is 5.54. The molecule has 27 heavy (non-hydrogen) atoms. The zero-order valence-electron chi connectivity index (χ0n) is 17.0. The number of methoxy groups -OCH3 is 3. The molecule has 1 N–H and O–H groups in total. The molecule has 1 atom stereocenters. The van der Waals surface area contributed by atoms with Gasteiger partial charge in [0.1, 0.15) is 23.0 Å². The highest BCUT2D eigenvalue weighted by Crippen LogP contribution is 2.43. The van der Waals surface area contributed by atoms with Crippen LogP contribution in [-0.2, 0) is 0 Å². The van der Waals surface area contributed by atoms with Crippen LogP contribution in [0.1, 0.15) is 37.3 Å². The number of benzene rings is 2. The molecule has 2 aromatic rings. The Morgan fingerprint density at radius 1 is 0.889 bits per heavy atom. The number of hydrogen-bond acceptors (Lipinski definition) is 5. The van der Waals surface area contributed by atoms with E-state index in [0.29, 0.717) is 11.5 Å². The molecule has 2 aromatic carbocycles. The number of ether oxygens (including phenoxy) is 3. The summed E-state index contributed by atoms with van der Waals surface area (Å²) in [5.74, 6) is 2.20. The number of phenolic OH excluding ortho intramolecular Hbond substituents is 1. The molecule has 0 fully saturated rings. The molecule has 0 spiro atoms. The molecular formula is C22H31NO4. The van der Waals surface area contributed by atoms with Crippen molar-refractivity contribution in [3.63, 3.8) is 0 Å². The fraction of sp³-hybridized carbons (Fsp3) is 0.455. The summed E-state index contributed by atoms with van der Waals surface area (Å²) in [7, 11) is 4.85. The molecule has 0 radical (unpaired) electrons. The van der Waals surface area contributed by atoms with Gasteiger partial charge in [-0.2, -0.15) is 0 Å². The van der Waals surface area contributed by atoms with Crippen LogP contribution in [0.4, 0.5) is 0 Å². The summed E-state index contributed by atoms with van der Waals surface area (Å²) in [6.45, 7) is 7.25. The molecule has 0 unspecified atom stereocenters. The maximum absolute atomic E-state index is 10.7. The predicted octanol–water partition coefficient (Wildman–Crippen LogP) is 4.28. The van der Waals surface area contributed by atoms with Gasteiger partial charge >= 0.3 is 0 Å². The summed E-state index contributed by atoms with van der Waals surface area (Å²) < 4.78 is 16.2. The summed E-state index contributed by atoms with van der Waals surface area (Å²) in [4.78, 5) is 2.38. The van der Waals surface area contributed by atoms with E-state index in [2.05, 4.69) is 30.9 Å². The van der Waals surface area contributed by atoms with E-state index in [-0.39, 0.29) is 11.7 Å². The zero-order valence-corrected chi connectivity index (χ0v) is 17.0. The van der Waals surface area contributed by atoms with Crippen molar-refractivity contribution >= 4 is 0 Å². The summed E-state index contributed by atoms with van der Waals surface area (Å²) >= 11 is 0. The van der Waals surface area contributed by atoms with Crippen LogP contribution < -0.4 is 14.2 Å². The van der Waals surface area contributed by atoms with Gasteiger partial charge in [-0.15, -0.1) is 0 Å². The van der Waals surface area contributed by atoms with Crippen molar-refractivity contribution in [1.29, 1.82) is 0 Å². The van der Waals surface area contributed by atoms with Crippen LogP contribution in [0.5, 0.6) is 23.0 Å². The second kappa shape index (κ2) is 10.1. The number of hydrogen-bond donors (Lipinski definition) is 1. The molecule has 5 heteroatoms. The van der Waals surface area contributed by atoms with E-state index in [1.54, 1.807) is 27.4 Å². The molecule has 0 aliphatic heterocycles. The van der Waals surface area contributed by atoms with Gasteiger partial charge in [0.2, 0.25) is 0 Å². The SMILES string of the molecule is CCN(CC)CC[C@H](c1ccc(OC)cc1)c1c(O)cc(OC)cc1OC. The first-order valence-corrected chi connectivity index (χ1v) is 9.39. The Hall–Kier alpha value is -2.40. The Kier molecular flexibility index (Phi) is 7.80. The van der Waals surface area contributed by atoms with Gasteiger partial charge in [-0.1, -0.05) is 26.0 Å². The average molecular weight is 373 g/mol. The molecule has 5 nitrogen and oxygen atoms in total. The number of aromatic hydroxyl groups is 1. The quantitative estimate of drug-likeness (QED) is 0.674. The largest absolute Gasteiger partial charge is 0.507 e. The number of rotatable bonds is 10. The third kappa shape index (κ3) is 5.07. The monoisotopic (exact) mass is 373 g/mol. The summed E-state index contributed by atoms with van der Waals surface area (Å²) in [6, 6.07) is 11.5. The second-order valence-corrected chi connectivity index (χ2v) is 6.40. The molecule has 0 saturated heterocycles. The Labute approximate surface area is 162 Å². The molecule has 2 rings (SSSR count). The first kappa shape index (κ1) is 20.9. The van der Waals surface area contributed by atoms with Crippen LogP contribution in [-0.4, -0.2) is 51.0 Å². The lowest BCUT2D eigenvalue weighted by atomic mass is 9.86. The molecule has 0 aromatic heterocycles. The van der Waals surface area contributed by atoms with Crippen molar-refractivity contribution in [2.75, 3.05) is 41.0 Å². The zero-order chi connectivity index (χ0) is 19.8. The van der Waals surface area contributed by atoms with E-state index < -0.39 is 0 Å². The van der Waals surface area contributed by atoms with E-state index in [0.717, 1.165) is 42.9 Å². The smallest absolute Gasteiger partial charge is 0.130 e. The van der Waals surface area contributed by atoms with Gasteiger partial charge in [-0.05, 0) is 43.8 Å². The molecule has 0 heterocycles. The summed E-state index contributed by atoms with van der Waals surface area (Å²) in [5.41, 5.74) is 1.90. The first-order chi connectivity index (χ1) is 13.1. The summed E-state index contributed by atoms with van der Waals surface area (Å²) in [6.07, 6.45) is 0.865. The second-order valence-electron chi connectivity index (χ2n) is 6.40. The van der Waals surface area contributed by atoms with E-state index in [1.807, 2.05) is 18.2 Å². The van der Waals surface area contributed by atoms with E-state index in [1.165, 1.54) is 0 Å². The Bertz CT molecular complexity index is 711. The lowest BCUT2D eigenvalue weighted by molar-refractivity contribution is 0.292. The van der Waals surface area contributed by atoms with Crippen LogP contribution in [0.25, 0.3) is 0 Å². The van der Waals surface area contributed by atoms with Crippen LogP contribution in [0.2, 0.25) is 0 Å².